The molecule has 0 radical (unpaired) electrons. The Labute approximate surface area is 104 Å². The van der Waals surface area contributed by atoms with Crippen LogP contribution in [0.3, 0.4) is 0 Å². The Bertz CT molecular complexity index is 368. The molecule has 0 fully saturated rings. The van der Waals surface area contributed by atoms with Gasteiger partial charge in [0.05, 0.1) is 13.0 Å². The molecule has 1 aromatic carbocycles. The van der Waals surface area contributed by atoms with Crippen LogP contribution in [0.15, 0.2) is 16.6 Å². The van der Waals surface area contributed by atoms with Crippen molar-refractivity contribution in [3.05, 3.63) is 27.7 Å². The molecule has 3 nitrogen and oxygen atoms in total. The molecule has 0 heterocycles. The van der Waals surface area contributed by atoms with Crippen molar-refractivity contribution in [3.8, 4) is 0 Å². The molecule has 0 aliphatic rings. The van der Waals surface area contributed by atoms with Crippen molar-refractivity contribution in [1.82, 2.24) is 0 Å². The summed E-state index contributed by atoms with van der Waals surface area (Å²) in [4.78, 5) is 11.6. The molecule has 0 unspecified atom stereocenters. The average molecular weight is 286 g/mol. The predicted octanol–water partition coefficient (Wildman–Crippen LogP) is 3.04. The molecule has 1 rings (SSSR count). The maximum absolute atomic E-state index is 11.6. The lowest BCUT2D eigenvalue weighted by molar-refractivity contribution is -0.117. The van der Waals surface area contributed by atoms with Gasteiger partial charge in [0.2, 0.25) is 5.91 Å². The van der Waals surface area contributed by atoms with E-state index in [1.807, 2.05) is 26.0 Å². The van der Waals surface area contributed by atoms with Gasteiger partial charge in [-0.05, 0) is 37.1 Å². The lowest BCUT2D eigenvalue weighted by Crippen LogP contribution is -2.15. The number of amides is 1. The number of ether oxygens (including phenoxy) is 1. The number of benzene rings is 1. The molecular formula is C12H16BrNO2. The highest BCUT2D eigenvalue weighted by Crippen LogP contribution is 2.25. The Morgan fingerprint density at radius 1 is 1.38 bits per heavy atom. The average Bonchev–Trinajstić information content (AvgIpc) is 2.20. The highest BCUT2D eigenvalue weighted by atomic mass is 79.9. The Morgan fingerprint density at radius 2 is 1.94 bits per heavy atom. The summed E-state index contributed by atoms with van der Waals surface area (Å²) in [5.41, 5.74) is 3.00. The summed E-state index contributed by atoms with van der Waals surface area (Å²) in [7, 11) is 1.59. The number of rotatable bonds is 4. The summed E-state index contributed by atoms with van der Waals surface area (Å²) in [6.07, 6.45) is 0.380. The van der Waals surface area contributed by atoms with E-state index in [0.717, 1.165) is 21.3 Å². The van der Waals surface area contributed by atoms with Crippen LogP contribution in [0.1, 0.15) is 17.5 Å². The zero-order valence-electron chi connectivity index (χ0n) is 9.76. The minimum absolute atomic E-state index is 0.0182. The van der Waals surface area contributed by atoms with Crippen molar-refractivity contribution in [2.75, 3.05) is 19.0 Å². The van der Waals surface area contributed by atoms with Gasteiger partial charge in [-0.25, -0.2) is 0 Å². The van der Waals surface area contributed by atoms with E-state index in [-0.39, 0.29) is 5.91 Å². The molecule has 88 valence electrons. The van der Waals surface area contributed by atoms with Crippen molar-refractivity contribution in [2.24, 2.45) is 0 Å². The van der Waals surface area contributed by atoms with Gasteiger partial charge in [-0.15, -0.1) is 0 Å². The fourth-order valence-corrected chi connectivity index (χ4v) is 2.19. The number of nitrogens with one attached hydrogen (secondary N) is 1. The second kappa shape index (κ2) is 6.01. The van der Waals surface area contributed by atoms with Gasteiger partial charge in [0.15, 0.2) is 0 Å². The Hall–Kier alpha value is -0.870. The molecule has 1 amide bonds. The molecule has 0 saturated carbocycles. The zero-order valence-corrected chi connectivity index (χ0v) is 11.3. The minimum atomic E-state index is -0.0182. The molecule has 0 aromatic heterocycles. The third-order valence-electron chi connectivity index (χ3n) is 2.30. The number of hydrogen-bond acceptors (Lipinski definition) is 2. The molecule has 0 aliphatic heterocycles. The fourth-order valence-electron chi connectivity index (χ4n) is 1.50. The van der Waals surface area contributed by atoms with Crippen LogP contribution in [-0.4, -0.2) is 19.6 Å². The smallest absolute Gasteiger partial charge is 0.226 e. The fraction of sp³-hybridized carbons (Fsp3) is 0.417. The van der Waals surface area contributed by atoms with Crippen molar-refractivity contribution in [1.29, 1.82) is 0 Å². The molecular weight excluding hydrogens is 270 g/mol. The number of methoxy groups -OCH3 is 1. The summed E-state index contributed by atoms with van der Waals surface area (Å²) in [6.45, 7) is 4.40. The van der Waals surface area contributed by atoms with Crippen LogP contribution in [0.5, 0.6) is 0 Å². The van der Waals surface area contributed by atoms with Crippen molar-refractivity contribution < 1.29 is 9.53 Å². The monoisotopic (exact) mass is 285 g/mol. The van der Waals surface area contributed by atoms with Crippen molar-refractivity contribution >= 4 is 27.5 Å². The Balaban J connectivity index is 2.77. The first-order valence-electron chi connectivity index (χ1n) is 5.10. The van der Waals surface area contributed by atoms with Gasteiger partial charge in [0.1, 0.15) is 0 Å². The van der Waals surface area contributed by atoms with Crippen LogP contribution in [0, 0.1) is 13.8 Å². The van der Waals surface area contributed by atoms with Gasteiger partial charge in [0, 0.05) is 17.3 Å². The van der Waals surface area contributed by atoms with Crippen LogP contribution < -0.4 is 5.32 Å². The SMILES string of the molecule is COCCC(=O)Nc1c(C)cc(Br)cc1C. The standard InChI is InChI=1S/C12H16BrNO2/c1-8-6-10(13)7-9(2)12(8)14-11(15)4-5-16-3/h6-7H,4-5H2,1-3H3,(H,14,15). The Morgan fingerprint density at radius 3 is 2.44 bits per heavy atom. The quantitative estimate of drug-likeness (QED) is 0.924. The molecule has 0 bridgehead atoms. The third kappa shape index (κ3) is 3.61. The predicted molar refractivity (Wildman–Crippen MR) is 68.7 cm³/mol. The van der Waals surface area contributed by atoms with Gasteiger partial charge >= 0.3 is 0 Å². The van der Waals surface area contributed by atoms with E-state index in [2.05, 4.69) is 21.2 Å². The topological polar surface area (TPSA) is 38.3 Å². The third-order valence-corrected chi connectivity index (χ3v) is 2.75. The summed E-state index contributed by atoms with van der Waals surface area (Å²) < 4.78 is 5.89. The van der Waals surface area contributed by atoms with Crippen molar-refractivity contribution in [3.63, 3.8) is 0 Å². The first-order chi connectivity index (χ1) is 7.54. The molecule has 4 heteroatoms. The Kier molecular flexibility index (Phi) is 4.96. The first kappa shape index (κ1) is 13.2. The van der Waals surface area contributed by atoms with E-state index in [1.54, 1.807) is 7.11 Å². The van der Waals surface area contributed by atoms with Crippen LogP contribution in [0.2, 0.25) is 0 Å². The van der Waals surface area contributed by atoms with Crippen LogP contribution in [-0.2, 0) is 9.53 Å². The lowest BCUT2D eigenvalue weighted by Gasteiger charge is -2.12. The van der Waals surface area contributed by atoms with E-state index in [9.17, 15) is 4.79 Å². The summed E-state index contributed by atoms with van der Waals surface area (Å²) in [6, 6.07) is 3.97. The second-order valence-electron chi connectivity index (χ2n) is 3.71. The van der Waals surface area contributed by atoms with Gasteiger partial charge < -0.3 is 10.1 Å². The number of carbonyl (C=O) groups excluding carboxylic acids is 1. The van der Waals surface area contributed by atoms with E-state index < -0.39 is 0 Å². The van der Waals surface area contributed by atoms with E-state index in [4.69, 9.17) is 4.74 Å². The first-order valence-corrected chi connectivity index (χ1v) is 5.89. The molecule has 1 N–H and O–H groups in total. The van der Waals surface area contributed by atoms with Gasteiger partial charge in [0.25, 0.3) is 0 Å². The van der Waals surface area contributed by atoms with Crippen LogP contribution in [0.4, 0.5) is 5.69 Å². The normalized spacial score (nSPS) is 10.2. The molecule has 0 spiro atoms. The number of anilines is 1. The zero-order chi connectivity index (χ0) is 12.1. The lowest BCUT2D eigenvalue weighted by atomic mass is 10.1. The molecule has 0 aliphatic carbocycles. The molecule has 16 heavy (non-hydrogen) atoms. The van der Waals surface area contributed by atoms with Crippen LogP contribution >= 0.6 is 15.9 Å². The van der Waals surface area contributed by atoms with Crippen LogP contribution in [0.25, 0.3) is 0 Å². The second-order valence-corrected chi connectivity index (χ2v) is 4.62. The maximum Gasteiger partial charge on any atom is 0.226 e. The van der Waals surface area contributed by atoms with E-state index >= 15 is 0 Å². The largest absolute Gasteiger partial charge is 0.384 e. The number of carbonyl (C=O) groups is 1. The highest BCUT2D eigenvalue weighted by molar-refractivity contribution is 9.10. The van der Waals surface area contributed by atoms with Gasteiger partial charge in [-0.1, -0.05) is 15.9 Å². The number of halogens is 1. The highest BCUT2D eigenvalue weighted by Gasteiger charge is 2.08. The van der Waals surface area contributed by atoms with E-state index in [1.165, 1.54) is 0 Å². The summed E-state index contributed by atoms with van der Waals surface area (Å²) in [5.74, 6) is -0.0182. The summed E-state index contributed by atoms with van der Waals surface area (Å²) >= 11 is 3.42. The molecule has 0 saturated heterocycles. The number of hydrogen-bond donors (Lipinski definition) is 1. The van der Waals surface area contributed by atoms with Gasteiger partial charge in [-0.2, -0.15) is 0 Å². The van der Waals surface area contributed by atoms with Gasteiger partial charge in [-0.3, -0.25) is 4.79 Å². The van der Waals surface area contributed by atoms with Crippen molar-refractivity contribution in [2.45, 2.75) is 20.3 Å². The number of aryl methyl sites for hydroxylation is 2. The molecule has 1 aromatic rings. The summed E-state index contributed by atoms with van der Waals surface area (Å²) in [5, 5.41) is 2.90. The van der Waals surface area contributed by atoms with E-state index in [0.29, 0.717) is 13.0 Å². The maximum atomic E-state index is 11.6. The minimum Gasteiger partial charge on any atom is -0.384 e. The molecule has 0 atom stereocenters.